The number of hydrazone groups is 1. The molecule has 0 spiro atoms. The monoisotopic (exact) mass is 266 g/mol. The second kappa shape index (κ2) is 7.24. The van der Waals surface area contributed by atoms with Gasteiger partial charge in [-0.05, 0) is 37.5 Å². The number of carbonyl (C=O) groups excluding carboxylic acids is 1. The van der Waals surface area contributed by atoms with Crippen molar-refractivity contribution in [2.45, 2.75) is 19.8 Å². The summed E-state index contributed by atoms with van der Waals surface area (Å²) in [6.07, 6.45) is 3.46. The van der Waals surface area contributed by atoms with Crippen LogP contribution in [0.4, 0.5) is 0 Å². The van der Waals surface area contributed by atoms with E-state index in [0.29, 0.717) is 5.56 Å². The zero-order valence-corrected chi connectivity index (χ0v) is 11.5. The standard InChI is InChI=1S/C17H18N2O/c1-14-9-11-16(12-10-14)17(20)19-18-13-5-8-15-6-3-2-4-7-15/h2-4,6-7,9-13H,5,8H2,1H3,(H,19,20)/b18-13+. The summed E-state index contributed by atoms with van der Waals surface area (Å²) in [4.78, 5) is 11.8. The van der Waals surface area contributed by atoms with Gasteiger partial charge in [-0.15, -0.1) is 0 Å². The van der Waals surface area contributed by atoms with Crippen LogP contribution in [0.1, 0.15) is 27.9 Å². The van der Waals surface area contributed by atoms with Crippen molar-refractivity contribution in [3.8, 4) is 0 Å². The molecule has 0 heterocycles. The maximum Gasteiger partial charge on any atom is 0.271 e. The molecule has 1 amide bonds. The van der Waals surface area contributed by atoms with Crippen LogP contribution in [0.2, 0.25) is 0 Å². The van der Waals surface area contributed by atoms with Crippen molar-refractivity contribution >= 4 is 12.1 Å². The lowest BCUT2D eigenvalue weighted by Gasteiger charge is -2.00. The minimum Gasteiger partial charge on any atom is -0.267 e. The molecule has 20 heavy (non-hydrogen) atoms. The average Bonchev–Trinajstić information content (AvgIpc) is 2.48. The summed E-state index contributed by atoms with van der Waals surface area (Å²) in [5, 5.41) is 3.96. The Balaban J connectivity index is 1.76. The van der Waals surface area contributed by atoms with Gasteiger partial charge in [0.15, 0.2) is 0 Å². The minimum atomic E-state index is -0.180. The predicted octanol–water partition coefficient (Wildman–Crippen LogP) is 3.34. The molecular weight excluding hydrogens is 248 g/mol. The van der Waals surface area contributed by atoms with E-state index in [1.165, 1.54) is 5.56 Å². The summed E-state index contributed by atoms with van der Waals surface area (Å²) in [6, 6.07) is 17.6. The van der Waals surface area contributed by atoms with Gasteiger partial charge in [-0.3, -0.25) is 4.79 Å². The lowest BCUT2D eigenvalue weighted by atomic mass is 10.1. The van der Waals surface area contributed by atoms with E-state index in [-0.39, 0.29) is 5.91 Å². The summed E-state index contributed by atoms with van der Waals surface area (Å²) in [5.41, 5.74) is 5.56. The molecule has 0 saturated carbocycles. The molecule has 3 heteroatoms. The van der Waals surface area contributed by atoms with Crippen LogP contribution < -0.4 is 5.43 Å². The topological polar surface area (TPSA) is 41.5 Å². The van der Waals surface area contributed by atoms with Crippen LogP contribution >= 0.6 is 0 Å². The van der Waals surface area contributed by atoms with Crippen LogP contribution in [-0.2, 0) is 6.42 Å². The van der Waals surface area contributed by atoms with Gasteiger partial charge in [0.1, 0.15) is 0 Å². The number of amides is 1. The summed E-state index contributed by atoms with van der Waals surface area (Å²) in [7, 11) is 0. The van der Waals surface area contributed by atoms with Crippen molar-refractivity contribution in [3.63, 3.8) is 0 Å². The van der Waals surface area contributed by atoms with Crippen LogP contribution in [-0.4, -0.2) is 12.1 Å². The Morgan fingerprint density at radius 3 is 2.50 bits per heavy atom. The number of nitrogens with zero attached hydrogens (tertiary/aromatic N) is 1. The second-order valence-corrected chi connectivity index (χ2v) is 4.64. The SMILES string of the molecule is Cc1ccc(C(=O)N/N=C/CCc2ccccc2)cc1. The Morgan fingerprint density at radius 2 is 1.80 bits per heavy atom. The lowest BCUT2D eigenvalue weighted by molar-refractivity contribution is 0.0955. The molecule has 0 aromatic heterocycles. The normalized spacial score (nSPS) is 10.7. The highest BCUT2D eigenvalue weighted by Crippen LogP contribution is 2.03. The van der Waals surface area contributed by atoms with Gasteiger partial charge in [0.2, 0.25) is 0 Å². The molecule has 2 aromatic rings. The van der Waals surface area contributed by atoms with Gasteiger partial charge in [0.25, 0.3) is 5.91 Å². The first-order chi connectivity index (χ1) is 9.75. The van der Waals surface area contributed by atoms with E-state index in [1.54, 1.807) is 18.3 Å². The number of hydrogen-bond acceptors (Lipinski definition) is 2. The Labute approximate surface area is 119 Å². The summed E-state index contributed by atoms with van der Waals surface area (Å²) < 4.78 is 0. The van der Waals surface area contributed by atoms with Crippen molar-refractivity contribution in [2.24, 2.45) is 5.10 Å². The molecule has 2 aromatic carbocycles. The quantitative estimate of drug-likeness (QED) is 0.654. The van der Waals surface area contributed by atoms with Gasteiger partial charge in [0, 0.05) is 11.8 Å². The third-order valence-electron chi connectivity index (χ3n) is 2.98. The third-order valence-corrected chi connectivity index (χ3v) is 2.98. The van der Waals surface area contributed by atoms with Gasteiger partial charge in [-0.1, -0.05) is 48.0 Å². The molecule has 3 nitrogen and oxygen atoms in total. The molecule has 2 rings (SSSR count). The van der Waals surface area contributed by atoms with Crippen molar-refractivity contribution < 1.29 is 4.79 Å². The highest BCUT2D eigenvalue weighted by molar-refractivity contribution is 5.94. The number of rotatable bonds is 5. The summed E-state index contributed by atoms with van der Waals surface area (Å²) in [6.45, 7) is 1.99. The number of nitrogens with one attached hydrogen (secondary N) is 1. The first kappa shape index (κ1) is 14.0. The van der Waals surface area contributed by atoms with Gasteiger partial charge in [-0.2, -0.15) is 5.10 Å². The number of hydrogen-bond donors (Lipinski definition) is 1. The van der Waals surface area contributed by atoms with Crippen molar-refractivity contribution in [2.75, 3.05) is 0 Å². The van der Waals surface area contributed by atoms with Crippen LogP contribution in [0.3, 0.4) is 0 Å². The Bertz CT molecular complexity index is 574. The number of carbonyl (C=O) groups is 1. The van der Waals surface area contributed by atoms with E-state index in [0.717, 1.165) is 18.4 Å². The van der Waals surface area contributed by atoms with Crippen molar-refractivity contribution in [1.82, 2.24) is 5.43 Å². The minimum absolute atomic E-state index is 0.180. The van der Waals surface area contributed by atoms with E-state index >= 15 is 0 Å². The molecule has 0 atom stereocenters. The van der Waals surface area contributed by atoms with Crippen molar-refractivity contribution in [3.05, 3.63) is 71.3 Å². The van der Waals surface area contributed by atoms with Crippen molar-refractivity contribution in [1.29, 1.82) is 0 Å². The highest BCUT2D eigenvalue weighted by atomic mass is 16.2. The Kier molecular flexibility index (Phi) is 5.07. The van der Waals surface area contributed by atoms with E-state index < -0.39 is 0 Å². The van der Waals surface area contributed by atoms with Gasteiger partial charge < -0.3 is 0 Å². The molecule has 0 fully saturated rings. The van der Waals surface area contributed by atoms with E-state index in [2.05, 4.69) is 22.7 Å². The number of aryl methyl sites for hydroxylation is 2. The molecule has 0 bridgehead atoms. The largest absolute Gasteiger partial charge is 0.271 e. The fraction of sp³-hybridized carbons (Fsp3) is 0.176. The smallest absolute Gasteiger partial charge is 0.267 e. The molecule has 0 radical (unpaired) electrons. The lowest BCUT2D eigenvalue weighted by Crippen LogP contribution is -2.17. The molecule has 102 valence electrons. The summed E-state index contributed by atoms with van der Waals surface area (Å²) >= 11 is 0. The number of benzene rings is 2. The first-order valence-corrected chi connectivity index (χ1v) is 6.68. The summed E-state index contributed by atoms with van der Waals surface area (Å²) in [5.74, 6) is -0.180. The predicted molar refractivity (Wildman–Crippen MR) is 81.9 cm³/mol. The average molecular weight is 266 g/mol. The molecule has 0 aliphatic heterocycles. The van der Waals surface area contributed by atoms with Gasteiger partial charge in [0.05, 0.1) is 0 Å². The first-order valence-electron chi connectivity index (χ1n) is 6.68. The molecule has 1 N–H and O–H groups in total. The third kappa shape index (κ3) is 4.35. The fourth-order valence-corrected chi connectivity index (χ4v) is 1.81. The van der Waals surface area contributed by atoms with Crippen LogP contribution in [0.25, 0.3) is 0 Å². The maximum absolute atomic E-state index is 11.8. The van der Waals surface area contributed by atoms with E-state index in [9.17, 15) is 4.79 Å². The highest BCUT2D eigenvalue weighted by Gasteiger charge is 2.02. The molecule has 0 aliphatic rings. The molecule has 0 aliphatic carbocycles. The van der Waals surface area contributed by atoms with Crippen LogP contribution in [0.15, 0.2) is 59.7 Å². The van der Waals surface area contributed by atoms with E-state index in [4.69, 9.17) is 0 Å². The van der Waals surface area contributed by atoms with Crippen LogP contribution in [0, 0.1) is 6.92 Å². The Hall–Kier alpha value is -2.42. The van der Waals surface area contributed by atoms with Crippen LogP contribution in [0.5, 0.6) is 0 Å². The fourth-order valence-electron chi connectivity index (χ4n) is 1.81. The maximum atomic E-state index is 11.8. The Morgan fingerprint density at radius 1 is 1.10 bits per heavy atom. The zero-order chi connectivity index (χ0) is 14.2. The molecular formula is C17H18N2O. The zero-order valence-electron chi connectivity index (χ0n) is 11.5. The van der Waals surface area contributed by atoms with E-state index in [1.807, 2.05) is 37.3 Å². The second-order valence-electron chi connectivity index (χ2n) is 4.64. The van der Waals surface area contributed by atoms with Gasteiger partial charge >= 0.3 is 0 Å². The molecule has 0 unspecified atom stereocenters. The molecule has 0 saturated heterocycles. The van der Waals surface area contributed by atoms with Gasteiger partial charge in [-0.25, -0.2) is 5.43 Å².